The summed E-state index contributed by atoms with van der Waals surface area (Å²) in [5, 5.41) is 11.1. The number of likely N-dealkylation sites (N-methyl/N-ethyl adjacent to an activating group) is 1. The Hall–Kier alpha value is -3.32. The molecule has 7 heteroatoms. The quantitative estimate of drug-likeness (QED) is 0.231. The number of methoxy groups -OCH3 is 1. The number of amides is 1. The number of ketones is 1. The predicted octanol–water partition coefficient (Wildman–Crippen LogP) is 4.25. The van der Waals surface area contributed by atoms with E-state index in [0.717, 1.165) is 30.6 Å². The Labute approximate surface area is 201 Å². The Kier molecular flexibility index (Phi) is 8.71. The zero-order valence-electron chi connectivity index (χ0n) is 20.4. The molecule has 1 amide bonds. The Bertz CT molecular complexity index is 1010. The van der Waals surface area contributed by atoms with Crippen LogP contribution >= 0.6 is 0 Å². The SMILES string of the molecule is CCCCCOc1ccc(C2/C(=C(\O)c3ccc(OC)cc3)C(=O)C(=O)N2CCN(C)C)cc1. The van der Waals surface area contributed by atoms with Gasteiger partial charge in [-0.1, -0.05) is 31.9 Å². The summed E-state index contributed by atoms with van der Waals surface area (Å²) in [4.78, 5) is 29.6. The van der Waals surface area contributed by atoms with Crippen molar-refractivity contribution in [3.05, 3.63) is 65.2 Å². The predicted molar refractivity (Wildman–Crippen MR) is 132 cm³/mol. The van der Waals surface area contributed by atoms with Crippen LogP contribution in [0.2, 0.25) is 0 Å². The number of aliphatic hydroxyl groups is 1. The smallest absolute Gasteiger partial charge is 0.295 e. The van der Waals surface area contributed by atoms with Gasteiger partial charge in [-0.05, 0) is 62.5 Å². The van der Waals surface area contributed by atoms with Crippen LogP contribution in [0.15, 0.2) is 54.1 Å². The molecule has 7 nitrogen and oxygen atoms in total. The largest absolute Gasteiger partial charge is 0.507 e. The molecule has 0 aliphatic carbocycles. The van der Waals surface area contributed by atoms with E-state index < -0.39 is 17.7 Å². The topological polar surface area (TPSA) is 79.3 Å². The van der Waals surface area contributed by atoms with Crippen molar-refractivity contribution in [2.75, 3.05) is 40.9 Å². The van der Waals surface area contributed by atoms with Crippen LogP contribution in [0.25, 0.3) is 5.76 Å². The molecule has 1 aliphatic heterocycles. The monoisotopic (exact) mass is 466 g/mol. The number of unbranched alkanes of at least 4 members (excludes halogenated alkanes) is 2. The molecule has 1 unspecified atom stereocenters. The zero-order chi connectivity index (χ0) is 24.7. The molecule has 182 valence electrons. The molecule has 34 heavy (non-hydrogen) atoms. The van der Waals surface area contributed by atoms with Crippen LogP contribution in [0.4, 0.5) is 0 Å². The number of rotatable bonds is 11. The van der Waals surface area contributed by atoms with Crippen LogP contribution in [0.5, 0.6) is 11.5 Å². The summed E-state index contributed by atoms with van der Waals surface area (Å²) < 4.78 is 11.0. The summed E-state index contributed by atoms with van der Waals surface area (Å²) in [6.07, 6.45) is 3.23. The second kappa shape index (κ2) is 11.7. The minimum Gasteiger partial charge on any atom is -0.507 e. The molecule has 3 rings (SSSR count). The fourth-order valence-corrected chi connectivity index (χ4v) is 3.96. The number of nitrogens with zero attached hydrogens (tertiary/aromatic N) is 2. The van der Waals surface area contributed by atoms with Gasteiger partial charge >= 0.3 is 0 Å². The molecule has 1 atom stereocenters. The molecule has 0 saturated carbocycles. The van der Waals surface area contributed by atoms with Crippen LogP contribution < -0.4 is 9.47 Å². The maximum atomic E-state index is 13.1. The molecular formula is C27H34N2O5. The summed E-state index contributed by atoms with van der Waals surface area (Å²) in [6.45, 7) is 3.74. The lowest BCUT2D eigenvalue weighted by molar-refractivity contribution is -0.140. The van der Waals surface area contributed by atoms with Gasteiger partial charge in [0.05, 0.1) is 25.3 Å². The maximum Gasteiger partial charge on any atom is 0.295 e. The van der Waals surface area contributed by atoms with Crippen molar-refractivity contribution in [1.82, 2.24) is 9.80 Å². The average Bonchev–Trinajstić information content (AvgIpc) is 3.10. The third-order valence-electron chi connectivity index (χ3n) is 5.90. The molecule has 2 aromatic carbocycles. The summed E-state index contributed by atoms with van der Waals surface area (Å²) in [5.74, 6) is -0.119. The van der Waals surface area contributed by atoms with Gasteiger partial charge in [0.15, 0.2) is 0 Å². The number of benzene rings is 2. The van der Waals surface area contributed by atoms with Crippen LogP contribution in [0.1, 0.15) is 43.4 Å². The Morgan fingerprint density at radius 1 is 1.00 bits per heavy atom. The molecule has 2 aromatic rings. The van der Waals surface area contributed by atoms with Crippen LogP contribution in [-0.2, 0) is 9.59 Å². The number of hydrogen-bond acceptors (Lipinski definition) is 6. The van der Waals surface area contributed by atoms with Crippen molar-refractivity contribution in [2.45, 2.75) is 32.2 Å². The van der Waals surface area contributed by atoms with E-state index in [-0.39, 0.29) is 11.3 Å². The third-order valence-corrected chi connectivity index (χ3v) is 5.90. The number of ether oxygens (including phenoxy) is 2. The molecule has 1 aliphatic rings. The van der Waals surface area contributed by atoms with Gasteiger partial charge in [-0.3, -0.25) is 9.59 Å². The first kappa shape index (κ1) is 25.3. The highest BCUT2D eigenvalue weighted by atomic mass is 16.5. The number of carbonyl (C=O) groups excluding carboxylic acids is 2. The Morgan fingerprint density at radius 3 is 2.24 bits per heavy atom. The maximum absolute atomic E-state index is 13.1. The van der Waals surface area contributed by atoms with Gasteiger partial charge in [0, 0.05) is 18.7 Å². The fraction of sp³-hybridized carbons (Fsp3) is 0.407. The summed E-state index contributed by atoms with van der Waals surface area (Å²) in [5.41, 5.74) is 1.28. The van der Waals surface area contributed by atoms with Crippen molar-refractivity contribution in [3.8, 4) is 11.5 Å². The first-order chi connectivity index (χ1) is 16.4. The molecule has 1 saturated heterocycles. The van der Waals surface area contributed by atoms with Crippen LogP contribution in [0, 0.1) is 0 Å². The number of aliphatic hydroxyl groups excluding tert-OH is 1. The zero-order valence-corrected chi connectivity index (χ0v) is 20.4. The second-order valence-electron chi connectivity index (χ2n) is 8.65. The number of carbonyl (C=O) groups is 2. The normalized spacial score (nSPS) is 17.4. The van der Waals surface area contributed by atoms with E-state index in [2.05, 4.69) is 6.92 Å². The van der Waals surface area contributed by atoms with Gasteiger partial charge in [0.2, 0.25) is 0 Å². The first-order valence-corrected chi connectivity index (χ1v) is 11.7. The molecule has 0 aromatic heterocycles. The molecular weight excluding hydrogens is 432 g/mol. The molecule has 1 fully saturated rings. The minimum atomic E-state index is -0.684. The number of Topliss-reactive ketones (excluding diaryl/α,β-unsaturated/α-hetero) is 1. The number of hydrogen-bond donors (Lipinski definition) is 1. The van der Waals surface area contributed by atoms with Crippen molar-refractivity contribution < 1.29 is 24.2 Å². The van der Waals surface area contributed by atoms with Crippen LogP contribution in [-0.4, -0.2) is 67.5 Å². The third kappa shape index (κ3) is 5.78. The van der Waals surface area contributed by atoms with Crippen molar-refractivity contribution in [2.24, 2.45) is 0 Å². The molecule has 1 heterocycles. The van der Waals surface area contributed by atoms with E-state index in [0.29, 0.717) is 31.0 Å². The van der Waals surface area contributed by atoms with Gasteiger partial charge in [0.1, 0.15) is 17.3 Å². The van der Waals surface area contributed by atoms with Gasteiger partial charge in [-0.25, -0.2) is 0 Å². The van der Waals surface area contributed by atoms with E-state index in [1.54, 1.807) is 31.4 Å². The lowest BCUT2D eigenvalue weighted by Crippen LogP contribution is -2.35. The Balaban J connectivity index is 1.97. The lowest BCUT2D eigenvalue weighted by Gasteiger charge is -2.26. The summed E-state index contributed by atoms with van der Waals surface area (Å²) >= 11 is 0. The van der Waals surface area contributed by atoms with Gasteiger partial charge in [-0.15, -0.1) is 0 Å². The van der Waals surface area contributed by atoms with Gasteiger partial charge in [0.25, 0.3) is 11.7 Å². The molecule has 1 N–H and O–H groups in total. The summed E-state index contributed by atoms with van der Waals surface area (Å²) in [6, 6.07) is 13.5. The molecule has 0 bridgehead atoms. The fourth-order valence-electron chi connectivity index (χ4n) is 3.96. The second-order valence-corrected chi connectivity index (χ2v) is 8.65. The van der Waals surface area contributed by atoms with Crippen LogP contribution in [0.3, 0.4) is 0 Å². The van der Waals surface area contributed by atoms with E-state index in [4.69, 9.17) is 9.47 Å². The van der Waals surface area contributed by atoms with Gasteiger partial charge in [-0.2, -0.15) is 0 Å². The lowest BCUT2D eigenvalue weighted by atomic mass is 9.95. The van der Waals surface area contributed by atoms with E-state index in [9.17, 15) is 14.7 Å². The highest BCUT2D eigenvalue weighted by Gasteiger charge is 2.45. The molecule has 0 spiro atoms. The summed E-state index contributed by atoms with van der Waals surface area (Å²) in [7, 11) is 5.38. The Morgan fingerprint density at radius 2 is 1.65 bits per heavy atom. The van der Waals surface area contributed by atoms with E-state index in [1.165, 1.54) is 4.90 Å². The minimum absolute atomic E-state index is 0.0885. The standard InChI is InChI=1S/C27H34N2O5/c1-5-6-7-18-34-22-14-8-19(9-15-22)24-23(25(30)20-10-12-21(33-4)13-11-20)26(31)27(32)29(24)17-16-28(2)3/h8-15,24,30H,5-7,16-18H2,1-4H3/b25-23+. The van der Waals surface area contributed by atoms with Crippen molar-refractivity contribution >= 4 is 17.4 Å². The van der Waals surface area contributed by atoms with Crippen molar-refractivity contribution in [1.29, 1.82) is 0 Å². The highest BCUT2D eigenvalue weighted by molar-refractivity contribution is 6.46. The van der Waals surface area contributed by atoms with E-state index >= 15 is 0 Å². The van der Waals surface area contributed by atoms with Gasteiger partial charge < -0.3 is 24.4 Å². The highest BCUT2D eigenvalue weighted by Crippen LogP contribution is 2.39. The number of likely N-dealkylation sites (tertiary alicyclic amines) is 1. The molecule has 0 radical (unpaired) electrons. The van der Waals surface area contributed by atoms with E-state index in [1.807, 2.05) is 43.3 Å². The first-order valence-electron chi connectivity index (χ1n) is 11.7. The van der Waals surface area contributed by atoms with Crippen molar-refractivity contribution in [3.63, 3.8) is 0 Å². The average molecular weight is 467 g/mol.